The zero-order valence-corrected chi connectivity index (χ0v) is 15.2. The van der Waals surface area contributed by atoms with E-state index in [1.54, 1.807) is 24.3 Å². The lowest BCUT2D eigenvalue weighted by atomic mass is 10.1. The summed E-state index contributed by atoms with van der Waals surface area (Å²) < 4.78 is 0. The number of thioether (sulfide) groups is 1. The second-order valence-electron chi connectivity index (χ2n) is 5.80. The molecule has 0 aliphatic rings. The van der Waals surface area contributed by atoms with Gasteiger partial charge in [0.2, 0.25) is 5.91 Å². The lowest BCUT2D eigenvalue weighted by Crippen LogP contribution is -2.22. The van der Waals surface area contributed by atoms with E-state index in [0.717, 1.165) is 10.5 Å². The van der Waals surface area contributed by atoms with Crippen LogP contribution in [0.25, 0.3) is 11.1 Å². The van der Waals surface area contributed by atoms with Crippen LogP contribution in [0.1, 0.15) is 12.5 Å². The summed E-state index contributed by atoms with van der Waals surface area (Å²) in [5.74, 6) is -0.121. The fraction of sp³-hybridized carbons (Fsp3) is 0.0909. The van der Waals surface area contributed by atoms with E-state index >= 15 is 0 Å². The molecule has 1 amide bonds. The van der Waals surface area contributed by atoms with Crippen molar-refractivity contribution in [1.82, 2.24) is 0 Å². The first-order chi connectivity index (χ1) is 12.7. The minimum Gasteiger partial charge on any atom is -0.324 e. The summed E-state index contributed by atoms with van der Waals surface area (Å²) in [6.45, 7) is 1.86. The second kappa shape index (κ2) is 8.37. The zero-order valence-electron chi connectivity index (χ0n) is 14.3. The average Bonchev–Trinajstić information content (AvgIpc) is 2.69. The number of anilines is 1. The van der Waals surface area contributed by atoms with Gasteiger partial charge in [0.15, 0.2) is 0 Å². The third-order valence-electron chi connectivity index (χ3n) is 3.95. The van der Waals surface area contributed by atoms with Crippen molar-refractivity contribution in [1.29, 1.82) is 5.26 Å². The SMILES string of the molecule is CC(Sc1ccc(-c2ccccc2)cc1)C(=O)Nc1ccccc1C#N. The van der Waals surface area contributed by atoms with Crippen molar-refractivity contribution >= 4 is 23.4 Å². The number of nitrogens with one attached hydrogen (secondary N) is 1. The van der Waals surface area contributed by atoms with Crippen molar-refractivity contribution < 1.29 is 4.79 Å². The van der Waals surface area contributed by atoms with Crippen LogP contribution in [0, 0.1) is 11.3 Å². The quantitative estimate of drug-likeness (QED) is 0.626. The molecule has 1 N–H and O–H groups in total. The van der Waals surface area contributed by atoms with Gasteiger partial charge in [-0.3, -0.25) is 4.79 Å². The van der Waals surface area contributed by atoms with E-state index in [-0.39, 0.29) is 11.2 Å². The molecule has 3 aromatic carbocycles. The number of benzene rings is 3. The van der Waals surface area contributed by atoms with E-state index in [2.05, 4.69) is 35.7 Å². The van der Waals surface area contributed by atoms with Crippen LogP contribution in [-0.4, -0.2) is 11.2 Å². The van der Waals surface area contributed by atoms with Gasteiger partial charge in [0, 0.05) is 4.90 Å². The summed E-state index contributed by atoms with van der Waals surface area (Å²) in [4.78, 5) is 13.5. The molecular weight excluding hydrogens is 340 g/mol. The molecule has 0 saturated carbocycles. The summed E-state index contributed by atoms with van der Waals surface area (Å²) in [5.41, 5.74) is 3.33. The number of nitriles is 1. The Morgan fingerprint density at radius 1 is 0.923 bits per heavy atom. The van der Waals surface area contributed by atoms with Crippen molar-refractivity contribution in [3.8, 4) is 17.2 Å². The lowest BCUT2D eigenvalue weighted by molar-refractivity contribution is -0.115. The van der Waals surface area contributed by atoms with Gasteiger partial charge in [0.1, 0.15) is 6.07 Å². The van der Waals surface area contributed by atoms with E-state index in [4.69, 9.17) is 5.26 Å². The number of nitrogens with zero attached hydrogens (tertiary/aromatic N) is 1. The molecule has 0 aromatic heterocycles. The monoisotopic (exact) mass is 358 g/mol. The number of carbonyl (C=O) groups is 1. The molecule has 4 heteroatoms. The second-order valence-corrected chi connectivity index (χ2v) is 7.21. The van der Waals surface area contributed by atoms with Gasteiger partial charge in [-0.15, -0.1) is 11.8 Å². The standard InChI is InChI=1S/C22H18N2OS/c1-16(22(25)24-21-10-6-5-9-19(21)15-23)26-20-13-11-18(12-14-20)17-7-3-2-4-8-17/h2-14,16H,1H3,(H,24,25). The highest BCUT2D eigenvalue weighted by molar-refractivity contribution is 8.00. The first-order valence-corrected chi connectivity index (χ1v) is 9.17. The van der Waals surface area contributed by atoms with Crippen molar-refractivity contribution in [3.05, 3.63) is 84.4 Å². The number of para-hydroxylation sites is 1. The fourth-order valence-electron chi connectivity index (χ4n) is 2.54. The van der Waals surface area contributed by atoms with E-state index < -0.39 is 0 Å². The van der Waals surface area contributed by atoms with Crippen LogP contribution in [0.2, 0.25) is 0 Å². The Morgan fingerprint density at radius 3 is 2.23 bits per heavy atom. The van der Waals surface area contributed by atoms with Crippen molar-refractivity contribution in [2.45, 2.75) is 17.1 Å². The maximum absolute atomic E-state index is 12.4. The Kier molecular flexibility index (Phi) is 5.73. The molecule has 1 atom stereocenters. The summed E-state index contributed by atoms with van der Waals surface area (Å²) in [5, 5.41) is 11.7. The number of hydrogen-bond acceptors (Lipinski definition) is 3. The van der Waals surface area contributed by atoms with Crippen LogP contribution >= 0.6 is 11.8 Å². The van der Waals surface area contributed by atoms with Crippen LogP contribution in [0.15, 0.2) is 83.8 Å². The van der Waals surface area contributed by atoms with Crippen LogP contribution in [0.3, 0.4) is 0 Å². The van der Waals surface area contributed by atoms with Gasteiger partial charge in [0.25, 0.3) is 0 Å². The molecule has 26 heavy (non-hydrogen) atoms. The normalized spacial score (nSPS) is 11.4. The van der Waals surface area contributed by atoms with Crippen LogP contribution in [0.4, 0.5) is 5.69 Å². The van der Waals surface area contributed by atoms with E-state index in [0.29, 0.717) is 11.3 Å². The Morgan fingerprint density at radius 2 is 1.54 bits per heavy atom. The number of amides is 1. The van der Waals surface area contributed by atoms with Gasteiger partial charge in [-0.25, -0.2) is 0 Å². The fourth-order valence-corrected chi connectivity index (χ4v) is 3.41. The highest BCUT2D eigenvalue weighted by Gasteiger charge is 2.16. The average molecular weight is 358 g/mol. The molecule has 0 radical (unpaired) electrons. The first kappa shape index (κ1) is 17.8. The van der Waals surface area contributed by atoms with E-state index in [1.165, 1.54) is 17.3 Å². The molecule has 0 fully saturated rings. The third-order valence-corrected chi connectivity index (χ3v) is 5.06. The summed E-state index contributed by atoms with van der Waals surface area (Å²) in [6, 6.07) is 27.5. The van der Waals surface area contributed by atoms with Gasteiger partial charge in [-0.05, 0) is 42.3 Å². The Hall–Kier alpha value is -3.03. The molecule has 0 saturated heterocycles. The molecule has 0 bridgehead atoms. The molecule has 0 heterocycles. The maximum atomic E-state index is 12.4. The Bertz CT molecular complexity index is 930. The van der Waals surface area contributed by atoms with Gasteiger partial charge in [-0.2, -0.15) is 5.26 Å². The highest BCUT2D eigenvalue weighted by atomic mass is 32.2. The number of rotatable bonds is 5. The van der Waals surface area contributed by atoms with Gasteiger partial charge < -0.3 is 5.32 Å². The Balaban J connectivity index is 1.65. The summed E-state index contributed by atoms with van der Waals surface area (Å²) in [7, 11) is 0. The molecule has 1 unspecified atom stereocenters. The molecular formula is C22H18N2OS. The van der Waals surface area contributed by atoms with Gasteiger partial charge in [0.05, 0.1) is 16.5 Å². The van der Waals surface area contributed by atoms with Crippen molar-refractivity contribution in [2.24, 2.45) is 0 Å². The summed E-state index contributed by atoms with van der Waals surface area (Å²) >= 11 is 1.49. The molecule has 3 rings (SSSR count). The van der Waals surface area contributed by atoms with Crippen molar-refractivity contribution in [3.63, 3.8) is 0 Å². The number of hydrogen-bond donors (Lipinski definition) is 1. The third kappa shape index (κ3) is 4.33. The predicted octanol–water partition coefficient (Wildman–Crippen LogP) is 5.34. The first-order valence-electron chi connectivity index (χ1n) is 8.29. The molecule has 0 spiro atoms. The topological polar surface area (TPSA) is 52.9 Å². The number of carbonyl (C=O) groups excluding carboxylic acids is 1. The van der Waals surface area contributed by atoms with Crippen LogP contribution in [0.5, 0.6) is 0 Å². The van der Waals surface area contributed by atoms with Crippen LogP contribution < -0.4 is 5.32 Å². The molecule has 0 aliphatic carbocycles. The Labute approximate surface area is 157 Å². The molecule has 3 nitrogen and oxygen atoms in total. The van der Waals surface area contributed by atoms with E-state index in [9.17, 15) is 4.79 Å². The minimum atomic E-state index is -0.274. The smallest absolute Gasteiger partial charge is 0.237 e. The largest absolute Gasteiger partial charge is 0.324 e. The van der Waals surface area contributed by atoms with Crippen molar-refractivity contribution in [2.75, 3.05) is 5.32 Å². The van der Waals surface area contributed by atoms with E-state index in [1.807, 2.05) is 37.3 Å². The maximum Gasteiger partial charge on any atom is 0.237 e. The molecule has 0 aliphatic heterocycles. The zero-order chi connectivity index (χ0) is 18.4. The van der Waals surface area contributed by atoms with Crippen LogP contribution in [-0.2, 0) is 4.79 Å². The minimum absolute atomic E-state index is 0.121. The highest BCUT2D eigenvalue weighted by Crippen LogP contribution is 2.27. The lowest BCUT2D eigenvalue weighted by Gasteiger charge is -2.13. The van der Waals surface area contributed by atoms with Gasteiger partial charge >= 0.3 is 0 Å². The summed E-state index contributed by atoms with van der Waals surface area (Å²) in [6.07, 6.45) is 0. The molecule has 3 aromatic rings. The predicted molar refractivity (Wildman–Crippen MR) is 107 cm³/mol. The van der Waals surface area contributed by atoms with Gasteiger partial charge in [-0.1, -0.05) is 54.6 Å². The molecule has 128 valence electrons.